The average Bonchev–Trinajstić information content (AvgIpc) is 2.52. The highest BCUT2D eigenvalue weighted by Gasteiger charge is 2.33. The first-order valence-corrected chi connectivity index (χ1v) is 8.78. The average molecular weight is 357 g/mol. The van der Waals surface area contributed by atoms with Crippen LogP contribution >= 0.6 is 0 Å². The van der Waals surface area contributed by atoms with E-state index in [9.17, 15) is 23.3 Å². The first-order valence-electron chi connectivity index (χ1n) is 7.34. The number of esters is 1. The van der Waals surface area contributed by atoms with Crippen molar-refractivity contribution in [1.29, 1.82) is 0 Å². The summed E-state index contributed by atoms with van der Waals surface area (Å²) >= 11 is 0. The van der Waals surface area contributed by atoms with Crippen molar-refractivity contribution in [3.8, 4) is 0 Å². The molecule has 1 heterocycles. The molecule has 0 saturated carbocycles. The normalized spacial score (nSPS) is 22.1. The van der Waals surface area contributed by atoms with Crippen molar-refractivity contribution in [2.75, 3.05) is 19.7 Å². The zero-order valence-electron chi connectivity index (χ0n) is 13.3. The van der Waals surface area contributed by atoms with Gasteiger partial charge in [0.1, 0.15) is 6.61 Å². The summed E-state index contributed by atoms with van der Waals surface area (Å²) in [7, 11) is -3.78. The van der Waals surface area contributed by atoms with Crippen LogP contribution in [0, 0.1) is 10.1 Å². The van der Waals surface area contributed by atoms with Crippen LogP contribution in [0.4, 0.5) is 5.69 Å². The maximum Gasteiger partial charge on any atom is 0.302 e. The molecule has 9 nitrogen and oxygen atoms in total. The smallest absolute Gasteiger partial charge is 0.302 e. The maximum absolute atomic E-state index is 12.7. The molecular formula is C14H19N3O6S. The van der Waals surface area contributed by atoms with E-state index in [1.54, 1.807) is 0 Å². The quantitative estimate of drug-likeness (QED) is 0.463. The van der Waals surface area contributed by atoms with Gasteiger partial charge in [0.15, 0.2) is 0 Å². The lowest BCUT2D eigenvalue weighted by molar-refractivity contribution is -0.384. The van der Waals surface area contributed by atoms with E-state index in [-0.39, 0.29) is 42.4 Å². The number of benzene rings is 1. The van der Waals surface area contributed by atoms with Crippen molar-refractivity contribution < 1.29 is 22.9 Å². The van der Waals surface area contributed by atoms with E-state index in [2.05, 4.69) is 5.32 Å². The molecule has 1 N–H and O–H groups in total. The highest BCUT2D eigenvalue weighted by molar-refractivity contribution is 7.89. The van der Waals surface area contributed by atoms with Crippen molar-refractivity contribution >= 4 is 21.7 Å². The van der Waals surface area contributed by atoms with Gasteiger partial charge < -0.3 is 10.1 Å². The van der Waals surface area contributed by atoms with Gasteiger partial charge in [-0.25, -0.2) is 8.42 Å². The third-order valence-corrected chi connectivity index (χ3v) is 5.44. The van der Waals surface area contributed by atoms with E-state index in [0.717, 1.165) is 12.1 Å². The van der Waals surface area contributed by atoms with Gasteiger partial charge in [-0.15, -0.1) is 0 Å². The fourth-order valence-electron chi connectivity index (χ4n) is 2.54. The minimum absolute atomic E-state index is 0.00608. The predicted molar refractivity (Wildman–Crippen MR) is 84.9 cm³/mol. The summed E-state index contributed by atoms with van der Waals surface area (Å²) in [5, 5.41) is 13.8. The minimum Gasteiger partial charge on any atom is -0.464 e. The van der Waals surface area contributed by atoms with Gasteiger partial charge in [0.2, 0.25) is 10.0 Å². The van der Waals surface area contributed by atoms with Gasteiger partial charge in [-0.2, -0.15) is 4.31 Å². The second kappa shape index (κ2) is 7.24. The SMILES string of the molecule is CC(=O)OC[C@H]1CN(S(=O)(=O)c2ccc([N+](=O)[O-])cc2)C[C@@H](C)N1. The zero-order valence-corrected chi connectivity index (χ0v) is 14.2. The Hall–Kier alpha value is -2.04. The Labute approximate surface area is 139 Å². The van der Waals surface area contributed by atoms with E-state index in [0.29, 0.717) is 0 Å². The van der Waals surface area contributed by atoms with Gasteiger partial charge in [-0.3, -0.25) is 14.9 Å². The summed E-state index contributed by atoms with van der Waals surface area (Å²) in [5.74, 6) is -0.431. The lowest BCUT2D eigenvalue weighted by atomic mass is 10.2. The first kappa shape index (κ1) is 18.3. The molecular weight excluding hydrogens is 338 g/mol. The van der Waals surface area contributed by atoms with Crippen LogP contribution in [-0.4, -0.2) is 55.4 Å². The number of rotatable bonds is 5. The molecule has 0 amide bonds. The highest BCUT2D eigenvalue weighted by atomic mass is 32.2. The van der Waals surface area contributed by atoms with Crippen molar-refractivity contribution in [3.05, 3.63) is 34.4 Å². The molecule has 1 saturated heterocycles. The highest BCUT2D eigenvalue weighted by Crippen LogP contribution is 2.21. The number of ether oxygens (including phenoxy) is 1. The molecule has 1 aliphatic rings. The number of piperazine rings is 1. The fraction of sp³-hybridized carbons (Fsp3) is 0.500. The Morgan fingerprint density at radius 1 is 1.38 bits per heavy atom. The van der Waals surface area contributed by atoms with E-state index in [4.69, 9.17) is 4.74 Å². The van der Waals surface area contributed by atoms with Crippen molar-refractivity contribution in [2.45, 2.75) is 30.8 Å². The zero-order chi connectivity index (χ0) is 17.9. The molecule has 0 unspecified atom stereocenters. The molecule has 132 valence electrons. The molecule has 10 heteroatoms. The van der Waals surface area contributed by atoms with Crippen LogP contribution in [0.25, 0.3) is 0 Å². The molecule has 0 spiro atoms. The fourth-order valence-corrected chi connectivity index (χ4v) is 4.11. The maximum atomic E-state index is 12.7. The summed E-state index contributed by atoms with van der Waals surface area (Å²) in [6.07, 6.45) is 0. The third kappa shape index (κ3) is 4.28. The standard InChI is InChI=1S/C14H19N3O6S/c1-10-7-16(8-12(15-10)9-23-11(2)18)24(21,22)14-5-3-13(4-6-14)17(19)20/h3-6,10,12,15H,7-9H2,1-2H3/t10-,12-/m1/s1. The Morgan fingerprint density at radius 3 is 2.54 bits per heavy atom. The van der Waals surface area contributed by atoms with Crippen LogP contribution in [0.5, 0.6) is 0 Å². The molecule has 2 atom stereocenters. The largest absolute Gasteiger partial charge is 0.464 e. The van der Waals surface area contributed by atoms with E-state index >= 15 is 0 Å². The molecule has 24 heavy (non-hydrogen) atoms. The number of hydrogen-bond donors (Lipinski definition) is 1. The Morgan fingerprint density at radius 2 is 2.00 bits per heavy atom. The third-order valence-electron chi connectivity index (χ3n) is 3.59. The summed E-state index contributed by atoms with van der Waals surface area (Å²) in [4.78, 5) is 21.0. The molecule has 0 bridgehead atoms. The van der Waals surface area contributed by atoms with Crippen LogP contribution < -0.4 is 5.32 Å². The molecule has 1 aromatic carbocycles. The molecule has 1 aliphatic heterocycles. The number of nitrogens with one attached hydrogen (secondary N) is 1. The van der Waals surface area contributed by atoms with Crippen molar-refractivity contribution in [3.63, 3.8) is 0 Å². The number of nitro groups is 1. The van der Waals surface area contributed by atoms with Crippen LogP contribution in [0.2, 0.25) is 0 Å². The summed E-state index contributed by atoms with van der Waals surface area (Å²) in [6.45, 7) is 3.61. The van der Waals surface area contributed by atoms with Crippen molar-refractivity contribution in [1.82, 2.24) is 9.62 Å². The first-order chi connectivity index (χ1) is 11.2. The van der Waals surface area contributed by atoms with Gasteiger partial charge in [-0.05, 0) is 19.1 Å². The Bertz CT molecular complexity index is 719. The summed E-state index contributed by atoms with van der Waals surface area (Å²) in [5.41, 5.74) is -0.171. The van der Waals surface area contributed by atoms with Gasteiger partial charge in [-0.1, -0.05) is 0 Å². The van der Waals surface area contributed by atoms with Gasteiger partial charge in [0, 0.05) is 38.2 Å². The van der Waals surface area contributed by atoms with E-state index in [1.165, 1.54) is 23.4 Å². The van der Waals surface area contributed by atoms with E-state index in [1.807, 2.05) is 6.92 Å². The molecule has 0 radical (unpaired) electrons. The Balaban J connectivity index is 2.17. The minimum atomic E-state index is -3.78. The molecule has 0 aliphatic carbocycles. The molecule has 2 rings (SSSR count). The lowest BCUT2D eigenvalue weighted by Gasteiger charge is -2.36. The van der Waals surface area contributed by atoms with E-state index < -0.39 is 20.9 Å². The van der Waals surface area contributed by atoms with Crippen LogP contribution in [0.1, 0.15) is 13.8 Å². The lowest BCUT2D eigenvalue weighted by Crippen LogP contribution is -2.58. The van der Waals surface area contributed by atoms with Crippen molar-refractivity contribution in [2.24, 2.45) is 0 Å². The second-order valence-corrected chi connectivity index (χ2v) is 7.58. The van der Waals surface area contributed by atoms with Crippen LogP contribution in [-0.2, 0) is 19.6 Å². The molecule has 1 fully saturated rings. The number of nitro benzene ring substituents is 1. The van der Waals surface area contributed by atoms with Gasteiger partial charge >= 0.3 is 5.97 Å². The Kier molecular flexibility index (Phi) is 5.52. The number of carbonyl (C=O) groups is 1. The molecule has 1 aromatic rings. The monoisotopic (exact) mass is 357 g/mol. The number of non-ortho nitro benzene ring substituents is 1. The number of hydrogen-bond acceptors (Lipinski definition) is 7. The van der Waals surface area contributed by atoms with Crippen LogP contribution in [0.15, 0.2) is 29.2 Å². The topological polar surface area (TPSA) is 119 Å². The number of carbonyl (C=O) groups excluding carboxylic acids is 1. The number of nitrogens with zero attached hydrogens (tertiary/aromatic N) is 2. The van der Waals surface area contributed by atoms with Crippen LogP contribution in [0.3, 0.4) is 0 Å². The van der Waals surface area contributed by atoms with Gasteiger partial charge in [0.25, 0.3) is 5.69 Å². The second-order valence-electron chi connectivity index (χ2n) is 5.64. The number of sulfonamides is 1. The summed E-state index contributed by atoms with van der Waals surface area (Å²) in [6, 6.07) is 4.34. The summed E-state index contributed by atoms with van der Waals surface area (Å²) < 4.78 is 31.7. The predicted octanol–water partition coefficient (Wildman–Crippen LogP) is 0.509. The molecule has 0 aromatic heterocycles. The van der Waals surface area contributed by atoms with Gasteiger partial charge in [0.05, 0.1) is 15.9 Å².